The summed E-state index contributed by atoms with van der Waals surface area (Å²) in [6, 6.07) is 3.35. The number of alkyl halides is 3. The zero-order valence-corrected chi connectivity index (χ0v) is 28.4. The minimum atomic E-state index is -5.08. The Balaban J connectivity index is 0.00000121. The van der Waals surface area contributed by atoms with Gasteiger partial charge >= 0.3 is 18.1 Å². The lowest BCUT2D eigenvalue weighted by atomic mass is 9.83. The van der Waals surface area contributed by atoms with Gasteiger partial charge in [0, 0.05) is 18.7 Å². The van der Waals surface area contributed by atoms with Crippen LogP contribution in [0.3, 0.4) is 0 Å². The highest BCUT2D eigenvalue weighted by atomic mass is 19.4. The summed E-state index contributed by atoms with van der Waals surface area (Å²) in [5.74, 6) is -8.44. The predicted molar refractivity (Wildman–Crippen MR) is 180 cm³/mol. The molecule has 20 heteroatoms. The second-order valence-corrected chi connectivity index (χ2v) is 12.5. The van der Waals surface area contributed by atoms with Crippen molar-refractivity contribution in [3.63, 3.8) is 0 Å². The topological polar surface area (TPSA) is 310 Å². The molecule has 1 saturated heterocycles. The van der Waals surface area contributed by atoms with E-state index in [2.05, 4.69) is 15.6 Å². The van der Waals surface area contributed by atoms with Crippen LogP contribution in [0.15, 0.2) is 29.3 Å². The molecule has 0 aromatic heterocycles. The van der Waals surface area contributed by atoms with Crippen molar-refractivity contribution in [2.75, 3.05) is 13.1 Å². The molecule has 1 heterocycles. The Kier molecular flexibility index (Phi) is 16.3. The average molecular weight is 742 g/mol. The van der Waals surface area contributed by atoms with Crippen LogP contribution in [0.2, 0.25) is 0 Å². The molecule has 1 aliphatic heterocycles. The van der Waals surface area contributed by atoms with E-state index < -0.39 is 65.8 Å². The van der Waals surface area contributed by atoms with Crippen molar-refractivity contribution in [3.8, 4) is 0 Å². The molecule has 4 amide bonds. The van der Waals surface area contributed by atoms with E-state index in [9.17, 15) is 42.3 Å². The SMILES string of the molecule is N=C(N)c1ccc(CC(C(=O)N[C@H](C(=O)N[C@@H](CCCN=C(N)N)C(N)=O)C2CCCCC2)C(=O)N2CCCC2C(=O)O)cc1.O=C(O)C(F)(F)F. The van der Waals surface area contributed by atoms with Crippen molar-refractivity contribution in [3.05, 3.63) is 35.4 Å². The summed E-state index contributed by atoms with van der Waals surface area (Å²) < 4.78 is 31.7. The second-order valence-electron chi connectivity index (χ2n) is 12.5. The van der Waals surface area contributed by atoms with Crippen LogP contribution >= 0.6 is 0 Å². The first-order valence-electron chi connectivity index (χ1n) is 16.6. The number of nitrogen functional groups attached to an aromatic ring is 1. The van der Waals surface area contributed by atoms with E-state index in [-0.39, 0.29) is 50.1 Å². The summed E-state index contributed by atoms with van der Waals surface area (Å²) in [5, 5.41) is 29.9. The molecule has 2 aliphatic rings. The molecular weight excluding hydrogens is 695 g/mol. The molecule has 1 aliphatic carbocycles. The number of hydrogen-bond donors (Lipinski definition) is 9. The van der Waals surface area contributed by atoms with Crippen molar-refractivity contribution in [2.24, 2.45) is 39.8 Å². The number of likely N-dealkylation sites (tertiary alicyclic amines) is 1. The lowest BCUT2D eigenvalue weighted by molar-refractivity contribution is -0.192. The number of carboxylic acid groups (broad SMARTS) is 2. The molecular formula is C32H46F3N9O8. The third-order valence-corrected chi connectivity index (χ3v) is 8.69. The summed E-state index contributed by atoms with van der Waals surface area (Å²) in [7, 11) is 0. The molecule has 2 fully saturated rings. The zero-order valence-electron chi connectivity index (χ0n) is 28.4. The minimum Gasteiger partial charge on any atom is -0.480 e. The van der Waals surface area contributed by atoms with Crippen LogP contribution in [0, 0.1) is 17.2 Å². The first-order valence-corrected chi connectivity index (χ1v) is 16.6. The summed E-state index contributed by atoms with van der Waals surface area (Å²) in [6.45, 7) is 0.422. The molecule has 1 aromatic rings. The van der Waals surface area contributed by atoms with Gasteiger partial charge in [-0.15, -0.1) is 0 Å². The molecule has 2 unspecified atom stereocenters. The Bertz CT molecular complexity index is 1480. The monoisotopic (exact) mass is 741 g/mol. The number of rotatable bonds is 15. The number of aliphatic carboxylic acids is 2. The summed E-state index contributed by atoms with van der Waals surface area (Å²) in [4.78, 5) is 79.6. The smallest absolute Gasteiger partial charge is 0.480 e. The highest BCUT2D eigenvalue weighted by molar-refractivity contribution is 6.03. The minimum absolute atomic E-state index is 0.0700. The molecule has 1 saturated carbocycles. The Hall–Kier alpha value is -5.43. The standard InChI is InChI=1S/C30H45N9O6.C2HF3O2/c31-24(32)19-12-10-17(11-13-19)16-20(28(43)39-15-5-9-22(39)29(44)45)26(41)38-23(18-6-2-1-3-7-18)27(42)37-21(25(33)40)8-4-14-36-30(34)35;3-2(4,5)1(6)7/h10-13,18,20-23H,1-9,14-16H2,(H3,31,32)(H2,33,40)(H,37,42)(H,38,41)(H,44,45)(H4,34,35,36);(H,6,7)/t20?,21-,22?,23-;/m0./s1. The van der Waals surface area contributed by atoms with Gasteiger partial charge in [0.05, 0.1) is 0 Å². The highest BCUT2D eigenvalue weighted by Crippen LogP contribution is 2.28. The first kappa shape index (κ1) is 42.7. The molecule has 0 spiro atoms. The molecule has 0 radical (unpaired) electrons. The van der Waals surface area contributed by atoms with Crippen molar-refractivity contribution in [2.45, 2.75) is 88.5 Å². The largest absolute Gasteiger partial charge is 0.490 e. The fourth-order valence-electron chi connectivity index (χ4n) is 6.01. The van der Waals surface area contributed by atoms with Gasteiger partial charge in [0.1, 0.15) is 29.9 Å². The summed E-state index contributed by atoms with van der Waals surface area (Å²) >= 11 is 0. The van der Waals surface area contributed by atoms with Crippen molar-refractivity contribution in [1.82, 2.24) is 15.5 Å². The van der Waals surface area contributed by atoms with Gasteiger partial charge in [-0.3, -0.25) is 29.6 Å². The second kappa shape index (κ2) is 19.8. The van der Waals surface area contributed by atoms with Crippen LogP contribution in [0.25, 0.3) is 0 Å². The van der Waals surface area contributed by atoms with Crippen LogP contribution in [-0.4, -0.2) is 99.9 Å². The van der Waals surface area contributed by atoms with Crippen LogP contribution in [-0.2, 0) is 35.2 Å². The maximum Gasteiger partial charge on any atom is 0.490 e. The molecule has 1 aromatic carbocycles. The number of carbonyl (C=O) groups is 6. The Labute approximate surface area is 297 Å². The van der Waals surface area contributed by atoms with Crippen LogP contribution in [0.5, 0.6) is 0 Å². The highest BCUT2D eigenvalue weighted by Gasteiger charge is 2.42. The van der Waals surface area contributed by atoms with Crippen LogP contribution < -0.4 is 33.6 Å². The molecule has 13 N–H and O–H groups in total. The van der Waals surface area contributed by atoms with Gasteiger partial charge in [-0.05, 0) is 56.4 Å². The van der Waals surface area contributed by atoms with E-state index in [0.717, 1.165) is 19.3 Å². The third kappa shape index (κ3) is 13.4. The molecule has 17 nitrogen and oxygen atoms in total. The number of guanidine groups is 1. The van der Waals surface area contributed by atoms with Gasteiger partial charge in [0.25, 0.3) is 0 Å². The van der Waals surface area contributed by atoms with Gasteiger partial charge in [0.2, 0.25) is 23.6 Å². The molecule has 288 valence electrons. The average Bonchev–Trinajstić information content (AvgIpc) is 3.58. The Morgan fingerprint density at radius 1 is 0.904 bits per heavy atom. The van der Waals surface area contributed by atoms with E-state index in [4.69, 9.17) is 38.2 Å². The number of carboxylic acids is 2. The molecule has 4 atom stereocenters. The van der Waals surface area contributed by atoms with E-state index in [0.29, 0.717) is 36.8 Å². The molecule has 0 bridgehead atoms. The van der Waals surface area contributed by atoms with Crippen LogP contribution in [0.1, 0.15) is 68.9 Å². The summed E-state index contributed by atoms with van der Waals surface area (Å²) in [6.07, 6.45) is 0.128. The van der Waals surface area contributed by atoms with Gasteiger partial charge in [-0.1, -0.05) is 43.5 Å². The number of nitrogens with two attached hydrogens (primary N) is 4. The first-order chi connectivity index (χ1) is 24.3. The van der Waals surface area contributed by atoms with Gasteiger partial charge in [-0.25, -0.2) is 9.59 Å². The number of amidine groups is 1. The lowest BCUT2D eigenvalue weighted by Crippen LogP contribution is -2.58. The maximum atomic E-state index is 14.0. The van der Waals surface area contributed by atoms with E-state index in [1.165, 1.54) is 4.90 Å². The number of nitrogens with one attached hydrogen (secondary N) is 3. The number of benzene rings is 1. The van der Waals surface area contributed by atoms with Crippen LogP contribution in [0.4, 0.5) is 13.2 Å². The molecule has 52 heavy (non-hydrogen) atoms. The number of carbonyl (C=O) groups excluding carboxylic acids is 4. The van der Waals surface area contributed by atoms with Gasteiger partial charge in [-0.2, -0.15) is 13.2 Å². The number of hydrogen-bond acceptors (Lipinski definition) is 8. The van der Waals surface area contributed by atoms with Gasteiger partial charge in [0.15, 0.2) is 5.96 Å². The quantitative estimate of drug-likeness (QED) is 0.0496. The predicted octanol–water partition coefficient (Wildman–Crippen LogP) is -0.0729. The number of primary amides is 1. The Morgan fingerprint density at radius 3 is 2.00 bits per heavy atom. The lowest BCUT2D eigenvalue weighted by Gasteiger charge is -2.33. The number of nitrogens with zero attached hydrogens (tertiary/aromatic N) is 2. The number of amides is 4. The molecule has 3 rings (SSSR count). The van der Waals surface area contributed by atoms with E-state index in [1.807, 2.05) is 0 Å². The fraction of sp³-hybridized carbons (Fsp3) is 0.562. The van der Waals surface area contributed by atoms with Crippen molar-refractivity contribution >= 4 is 47.4 Å². The Morgan fingerprint density at radius 2 is 1.50 bits per heavy atom. The zero-order chi connectivity index (χ0) is 39.2. The summed E-state index contributed by atoms with van der Waals surface area (Å²) in [5.41, 5.74) is 22.9. The normalized spacial score (nSPS) is 17.7. The fourth-order valence-corrected chi connectivity index (χ4v) is 6.01. The third-order valence-electron chi connectivity index (χ3n) is 8.69. The maximum absolute atomic E-state index is 14.0. The number of halogens is 3. The van der Waals surface area contributed by atoms with Crippen molar-refractivity contribution in [1.29, 1.82) is 5.41 Å². The van der Waals surface area contributed by atoms with E-state index in [1.54, 1.807) is 24.3 Å². The van der Waals surface area contributed by atoms with Gasteiger partial charge < -0.3 is 48.7 Å². The van der Waals surface area contributed by atoms with Crippen molar-refractivity contribution < 1.29 is 52.2 Å². The number of aliphatic imine (C=N–C) groups is 1. The van der Waals surface area contributed by atoms with E-state index >= 15 is 0 Å².